The lowest BCUT2D eigenvalue weighted by atomic mass is 10.4. The molecule has 0 bridgehead atoms. The number of aromatic carboxylic acids is 1. The van der Waals surface area contributed by atoms with Gasteiger partial charge in [-0.15, -0.1) is 0 Å². The summed E-state index contributed by atoms with van der Waals surface area (Å²) < 4.78 is 4.71. The maximum atomic E-state index is 11.4. The van der Waals surface area contributed by atoms with Gasteiger partial charge in [-0.2, -0.15) is 0 Å². The number of aromatic nitrogens is 4. The van der Waals surface area contributed by atoms with Gasteiger partial charge in [-0.25, -0.2) is 24.5 Å². The van der Waals surface area contributed by atoms with Gasteiger partial charge >= 0.3 is 12.1 Å². The normalized spacial score (nSPS) is 10.1. The molecule has 0 unspecified atom stereocenters. The molecular weight excluding hydrogens is 254 g/mol. The summed E-state index contributed by atoms with van der Waals surface area (Å²) in [6, 6.07) is 0. The number of hydrogen-bond donors (Lipinski definition) is 3. The Balaban J connectivity index is 2.34. The number of hydrogen-bond acceptors (Lipinski definition) is 6. The van der Waals surface area contributed by atoms with Gasteiger partial charge in [0, 0.05) is 0 Å². The molecule has 0 radical (unpaired) electrons. The lowest BCUT2D eigenvalue weighted by Crippen LogP contribution is -2.16. The number of carboxylic acid groups (broad SMARTS) is 1. The van der Waals surface area contributed by atoms with Crippen molar-refractivity contribution in [2.75, 3.05) is 11.9 Å². The largest absolute Gasteiger partial charge is 0.475 e. The van der Waals surface area contributed by atoms with Crippen LogP contribution < -0.4 is 5.32 Å². The zero-order chi connectivity index (χ0) is 13.8. The number of imidazole rings is 1. The molecule has 2 rings (SSSR count). The Labute approximate surface area is 106 Å². The number of anilines is 1. The Hall–Kier alpha value is -2.97. The Morgan fingerprint density at radius 2 is 2.32 bits per heavy atom. The average Bonchev–Trinajstić information content (AvgIpc) is 2.84. The van der Waals surface area contributed by atoms with E-state index in [0.29, 0.717) is 5.52 Å². The second-order valence-corrected chi connectivity index (χ2v) is 3.31. The van der Waals surface area contributed by atoms with Crippen molar-refractivity contribution in [1.29, 1.82) is 0 Å². The van der Waals surface area contributed by atoms with E-state index < -0.39 is 17.9 Å². The Bertz CT molecular complexity index is 650. The molecule has 9 heteroatoms. The van der Waals surface area contributed by atoms with E-state index in [1.807, 2.05) is 0 Å². The number of amides is 1. The van der Waals surface area contributed by atoms with E-state index in [4.69, 9.17) is 9.84 Å². The summed E-state index contributed by atoms with van der Waals surface area (Å²) >= 11 is 0. The van der Waals surface area contributed by atoms with E-state index >= 15 is 0 Å². The Morgan fingerprint density at radius 1 is 1.53 bits per heavy atom. The van der Waals surface area contributed by atoms with Gasteiger partial charge in [-0.05, 0) is 0 Å². The molecule has 3 N–H and O–H groups in total. The minimum Gasteiger partial charge on any atom is -0.475 e. The van der Waals surface area contributed by atoms with Crippen molar-refractivity contribution in [2.24, 2.45) is 0 Å². The van der Waals surface area contributed by atoms with Crippen LogP contribution in [0, 0.1) is 0 Å². The average molecular weight is 263 g/mol. The van der Waals surface area contributed by atoms with Crippen molar-refractivity contribution in [2.45, 2.75) is 0 Å². The van der Waals surface area contributed by atoms with Crippen LogP contribution in [-0.2, 0) is 4.74 Å². The van der Waals surface area contributed by atoms with Gasteiger partial charge in [0.15, 0.2) is 11.5 Å². The van der Waals surface area contributed by atoms with Crippen LogP contribution >= 0.6 is 0 Å². The molecule has 98 valence electrons. The highest BCUT2D eigenvalue weighted by atomic mass is 16.5. The number of carbonyl (C=O) groups is 2. The second kappa shape index (κ2) is 5.12. The number of carbonyl (C=O) groups excluding carboxylic acids is 1. The number of nitrogens with one attached hydrogen (secondary N) is 2. The first-order chi connectivity index (χ1) is 9.11. The van der Waals surface area contributed by atoms with E-state index in [1.54, 1.807) is 0 Å². The van der Waals surface area contributed by atoms with E-state index in [-0.39, 0.29) is 18.1 Å². The molecule has 0 aromatic carbocycles. The molecule has 0 saturated carbocycles. The summed E-state index contributed by atoms with van der Waals surface area (Å²) in [5, 5.41) is 11.2. The molecule has 9 nitrogen and oxygen atoms in total. The molecule has 0 aliphatic carbocycles. The number of aromatic amines is 1. The SMILES string of the molecule is C=CCOC(=O)Nc1nc(C(=O)O)nc2nc[nH]c12. The summed E-state index contributed by atoms with van der Waals surface area (Å²) in [5.74, 6) is -1.82. The van der Waals surface area contributed by atoms with Crippen LogP contribution in [-0.4, -0.2) is 43.7 Å². The molecule has 19 heavy (non-hydrogen) atoms. The number of fused-ring (bicyclic) bond motifs is 1. The predicted octanol–water partition coefficient (Wildman–Crippen LogP) is 0.786. The number of carboxylic acids is 1. The molecule has 0 spiro atoms. The fourth-order valence-corrected chi connectivity index (χ4v) is 1.29. The first-order valence-corrected chi connectivity index (χ1v) is 5.11. The number of rotatable bonds is 4. The van der Waals surface area contributed by atoms with Gasteiger partial charge in [-0.1, -0.05) is 12.7 Å². The summed E-state index contributed by atoms with van der Waals surface area (Å²) in [5.41, 5.74) is 0.437. The third-order valence-electron chi connectivity index (χ3n) is 2.03. The van der Waals surface area contributed by atoms with Crippen LogP contribution in [0.15, 0.2) is 19.0 Å². The summed E-state index contributed by atoms with van der Waals surface area (Å²) in [4.78, 5) is 36.2. The minimum atomic E-state index is -1.33. The fourth-order valence-electron chi connectivity index (χ4n) is 1.29. The van der Waals surface area contributed by atoms with Crippen molar-refractivity contribution in [3.8, 4) is 0 Å². The molecule has 0 saturated heterocycles. The van der Waals surface area contributed by atoms with E-state index in [2.05, 4.69) is 31.8 Å². The van der Waals surface area contributed by atoms with E-state index in [1.165, 1.54) is 12.4 Å². The van der Waals surface area contributed by atoms with Crippen LogP contribution in [0.25, 0.3) is 11.2 Å². The molecule has 0 atom stereocenters. The summed E-state index contributed by atoms with van der Waals surface area (Å²) in [7, 11) is 0. The zero-order valence-corrected chi connectivity index (χ0v) is 9.58. The molecular formula is C10H9N5O4. The van der Waals surface area contributed by atoms with Crippen LogP contribution in [0.3, 0.4) is 0 Å². The molecule has 0 aliphatic rings. The van der Waals surface area contributed by atoms with Gasteiger partial charge < -0.3 is 14.8 Å². The third-order valence-corrected chi connectivity index (χ3v) is 2.03. The highest BCUT2D eigenvalue weighted by Crippen LogP contribution is 2.16. The standard InChI is InChI=1S/C10H9N5O4/c1-2-3-19-10(18)15-7-5-6(12-4-11-5)13-8(14-7)9(16)17/h2,4H,1,3H2,(H,16,17)(H2,11,12,13,14,15,18). The van der Waals surface area contributed by atoms with Gasteiger partial charge in [-0.3, -0.25) is 5.32 Å². The van der Waals surface area contributed by atoms with E-state index in [9.17, 15) is 9.59 Å². The van der Waals surface area contributed by atoms with E-state index in [0.717, 1.165) is 0 Å². The Kier molecular flexibility index (Phi) is 3.37. The van der Waals surface area contributed by atoms with Gasteiger partial charge in [0.2, 0.25) is 5.82 Å². The maximum absolute atomic E-state index is 11.4. The molecule has 2 aromatic heterocycles. The smallest absolute Gasteiger partial charge is 0.413 e. The predicted molar refractivity (Wildman–Crippen MR) is 63.8 cm³/mol. The van der Waals surface area contributed by atoms with Crippen molar-refractivity contribution in [3.05, 3.63) is 24.8 Å². The molecule has 2 aromatic rings. The van der Waals surface area contributed by atoms with Crippen molar-refractivity contribution >= 4 is 29.0 Å². The fraction of sp³-hybridized carbons (Fsp3) is 0.100. The highest BCUT2D eigenvalue weighted by Gasteiger charge is 2.16. The van der Waals surface area contributed by atoms with Gasteiger partial charge in [0.1, 0.15) is 12.1 Å². The first-order valence-electron chi connectivity index (χ1n) is 5.11. The van der Waals surface area contributed by atoms with Crippen LogP contribution in [0.2, 0.25) is 0 Å². The number of ether oxygens (including phenoxy) is 1. The van der Waals surface area contributed by atoms with Crippen molar-refractivity contribution < 1.29 is 19.4 Å². The van der Waals surface area contributed by atoms with Crippen LogP contribution in [0.1, 0.15) is 10.6 Å². The van der Waals surface area contributed by atoms with Gasteiger partial charge in [0.05, 0.1) is 6.33 Å². The van der Waals surface area contributed by atoms with Crippen LogP contribution in [0.5, 0.6) is 0 Å². The zero-order valence-electron chi connectivity index (χ0n) is 9.58. The van der Waals surface area contributed by atoms with Gasteiger partial charge in [0.25, 0.3) is 0 Å². The summed E-state index contributed by atoms with van der Waals surface area (Å²) in [6.45, 7) is 3.42. The molecule has 1 amide bonds. The topological polar surface area (TPSA) is 130 Å². The lowest BCUT2D eigenvalue weighted by Gasteiger charge is -2.05. The number of nitrogens with zero attached hydrogens (tertiary/aromatic N) is 3. The Morgan fingerprint density at radius 3 is 3.00 bits per heavy atom. The lowest BCUT2D eigenvalue weighted by molar-refractivity contribution is 0.0684. The molecule has 0 fully saturated rings. The quantitative estimate of drug-likeness (QED) is 0.695. The van der Waals surface area contributed by atoms with Crippen molar-refractivity contribution in [1.82, 2.24) is 19.9 Å². The summed E-state index contributed by atoms with van der Waals surface area (Å²) in [6.07, 6.45) is 1.92. The third kappa shape index (κ3) is 2.65. The maximum Gasteiger partial charge on any atom is 0.413 e. The molecule has 0 aliphatic heterocycles. The second-order valence-electron chi connectivity index (χ2n) is 3.31. The first kappa shape index (κ1) is 12.5. The molecule has 2 heterocycles. The number of H-pyrrole nitrogens is 1. The minimum absolute atomic E-state index is 0.0195. The monoisotopic (exact) mass is 263 g/mol. The highest BCUT2D eigenvalue weighted by molar-refractivity contribution is 5.95. The van der Waals surface area contributed by atoms with Crippen molar-refractivity contribution in [3.63, 3.8) is 0 Å². The van der Waals surface area contributed by atoms with Crippen LogP contribution in [0.4, 0.5) is 10.6 Å².